The van der Waals surface area contributed by atoms with Crippen molar-refractivity contribution in [2.24, 2.45) is 0 Å². The van der Waals surface area contributed by atoms with Gasteiger partial charge < -0.3 is 10.1 Å². The largest absolute Gasteiger partial charge is 0.382 e. The maximum absolute atomic E-state index is 5.99. The molecule has 0 aliphatic heterocycles. The smallest absolute Gasteiger partial charge is 0.145 e. The molecule has 1 aromatic rings. The zero-order valence-corrected chi connectivity index (χ0v) is 10.5. The summed E-state index contributed by atoms with van der Waals surface area (Å²) in [5, 5.41) is 4.22. The molecule has 0 saturated carbocycles. The Balaban J connectivity index is 2.80. The third-order valence-corrected chi connectivity index (χ3v) is 2.26. The molecule has 0 bridgehead atoms. The molecule has 0 spiro atoms. The van der Waals surface area contributed by atoms with Gasteiger partial charge in [0.1, 0.15) is 5.82 Å². The third kappa shape index (κ3) is 3.86. The summed E-state index contributed by atoms with van der Waals surface area (Å²) in [6, 6.07) is 1.65. The van der Waals surface area contributed by atoms with Crippen molar-refractivity contribution in [1.82, 2.24) is 4.98 Å². The lowest BCUT2D eigenvalue weighted by Crippen LogP contribution is -2.36. The highest BCUT2D eigenvalue weighted by molar-refractivity contribution is 6.35. The van der Waals surface area contributed by atoms with E-state index in [9.17, 15) is 0 Å². The van der Waals surface area contributed by atoms with E-state index < -0.39 is 0 Å². The van der Waals surface area contributed by atoms with Crippen LogP contribution >= 0.6 is 23.2 Å². The van der Waals surface area contributed by atoms with Crippen molar-refractivity contribution in [3.05, 3.63) is 22.3 Å². The van der Waals surface area contributed by atoms with E-state index >= 15 is 0 Å². The van der Waals surface area contributed by atoms with Crippen LogP contribution in [0.2, 0.25) is 10.0 Å². The van der Waals surface area contributed by atoms with Crippen molar-refractivity contribution in [3.63, 3.8) is 0 Å². The Kier molecular flexibility index (Phi) is 4.20. The summed E-state index contributed by atoms with van der Waals surface area (Å²) >= 11 is 11.7. The van der Waals surface area contributed by atoms with E-state index in [1.54, 1.807) is 19.4 Å². The first-order valence-electron chi connectivity index (χ1n) is 4.53. The third-order valence-electron chi connectivity index (χ3n) is 1.77. The van der Waals surface area contributed by atoms with Gasteiger partial charge in [-0.1, -0.05) is 23.2 Å². The minimum Gasteiger partial charge on any atom is -0.382 e. The number of hydrogen-bond acceptors (Lipinski definition) is 3. The van der Waals surface area contributed by atoms with E-state index in [0.717, 1.165) is 0 Å². The topological polar surface area (TPSA) is 34.1 Å². The number of aromatic nitrogens is 1. The zero-order valence-electron chi connectivity index (χ0n) is 8.97. The van der Waals surface area contributed by atoms with Crippen LogP contribution in [0.3, 0.4) is 0 Å². The summed E-state index contributed by atoms with van der Waals surface area (Å²) in [5.41, 5.74) is -0.223. The molecule has 0 aliphatic rings. The van der Waals surface area contributed by atoms with Crippen LogP contribution in [0, 0.1) is 0 Å². The molecule has 1 N–H and O–H groups in total. The van der Waals surface area contributed by atoms with Crippen LogP contribution in [0.25, 0.3) is 0 Å². The van der Waals surface area contributed by atoms with Gasteiger partial charge in [0.05, 0.1) is 22.2 Å². The summed E-state index contributed by atoms with van der Waals surface area (Å²) in [6.45, 7) is 4.57. The summed E-state index contributed by atoms with van der Waals surface area (Å²) < 4.78 is 5.08. The van der Waals surface area contributed by atoms with E-state index in [0.29, 0.717) is 22.5 Å². The Morgan fingerprint density at radius 1 is 1.47 bits per heavy atom. The second kappa shape index (κ2) is 5.01. The molecule has 15 heavy (non-hydrogen) atoms. The normalized spacial score (nSPS) is 11.5. The van der Waals surface area contributed by atoms with Crippen LogP contribution in [0.15, 0.2) is 12.3 Å². The molecule has 0 radical (unpaired) electrons. The van der Waals surface area contributed by atoms with Gasteiger partial charge in [-0.05, 0) is 19.9 Å². The van der Waals surface area contributed by atoms with E-state index in [1.807, 2.05) is 13.8 Å². The van der Waals surface area contributed by atoms with Gasteiger partial charge in [0.25, 0.3) is 0 Å². The predicted molar refractivity (Wildman–Crippen MR) is 63.8 cm³/mol. The van der Waals surface area contributed by atoms with Crippen molar-refractivity contribution in [3.8, 4) is 0 Å². The highest BCUT2D eigenvalue weighted by atomic mass is 35.5. The molecule has 0 fully saturated rings. The van der Waals surface area contributed by atoms with Crippen LogP contribution in [-0.4, -0.2) is 24.2 Å². The molecule has 84 valence electrons. The fourth-order valence-corrected chi connectivity index (χ4v) is 1.65. The van der Waals surface area contributed by atoms with E-state index in [-0.39, 0.29) is 5.54 Å². The van der Waals surface area contributed by atoms with Crippen molar-refractivity contribution < 1.29 is 4.74 Å². The number of nitrogens with zero attached hydrogens (tertiary/aromatic N) is 1. The Hall–Kier alpha value is -0.510. The summed E-state index contributed by atoms with van der Waals surface area (Å²) in [6.07, 6.45) is 1.55. The van der Waals surface area contributed by atoms with Crippen molar-refractivity contribution >= 4 is 29.0 Å². The lowest BCUT2D eigenvalue weighted by molar-refractivity contribution is 0.158. The fraction of sp³-hybridized carbons (Fsp3) is 0.500. The molecule has 1 aromatic heterocycles. The first kappa shape index (κ1) is 12.6. The van der Waals surface area contributed by atoms with Gasteiger partial charge in [-0.15, -0.1) is 0 Å². The summed E-state index contributed by atoms with van der Waals surface area (Å²) in [4.78, 5) is 4.11. The van der Waals surface area contributed by atoms with Crippen LogP contribution in [0.4, 0.5) is 5.82 Å². The van der Waals surface area contributed by atoms with E-state index in [4.69, 9.17) is 27.9 Å². The number of methoxy groups -OCH3 is 1. The Labute approximate surface area is 99.7 Å². The number of anilines is 1. The Morgan fingerprint density at radius 2 is 2.13 bits per heavy atom. The first-order valence-corrected chi connectivity index (χ1v) is 5.28. The molecule has 3 nitrogen and oxygen atoms in total. The van der Waals surface area contributed by atoms with Crippen molar-refractivity contribution in [2.45, 2.75) is 19.4 Å². The van der Waals surface area contributed by atoms with Crippen LogP contribution in [0.5, 0.6) is 0 Å². The second-order valence-corrected chi connectivity index (χ2v) is 4.77. The zero-order chi connectivity index (χ0) is 11.5. The molecule has 0 unspecified atom stereocenters. The quantitative estimate of drug-likeness (QED) is 0.889. The van der Waals surface area contributed by atoms with Gasteiger partial charge in [0.15, 0.2) is 0 Å². The predicted octanol–water partition coefficient (Wildman–Crippen LogP) is 3.23. The maximum Gasteiger partial charge on any atom is 0.145 e. The van der Waals surface area contributed by atoms with Crippen molar-refractivity contribution in [1.29, 1.82) is 0 Å². The maximum atomic E-state index is 5.99. The summed E-state index contributed by atoms with van der Waals surface area (Å²) in [5.74, 6) is 0.614. The number of ether oxygens (including phenoxy) is 1. The Morgan fingerprint density at radius 3 is 2.67 bits per heavy atom. The highest BCUT2D eigenvalue weighted by Gasteiger charge is 2.19. The number of pyridine rings is 1. The van der Waals surface area contributed by atoms with E-state index in [1.165, 1.54) is 0 Å². The minimum absolute atomic E-state index is 0.223. The van der Waals surface area contributed by atoms with Crippen LogP contribution < -0.4 is 5.32 Å². The molecule has 5 heteroatoms. The highest BCUT2D eigenvalue weighted by Crippen LogP contribution is 2.25. The fourth-order valence-electron chi connectivity index (χ4n) is 1.22. The molecule has 1 heterocycles. The first-order chi connectivity index (χ1) is 6.94. The lowest BCUT2D eigenvalue weighted by Gasteiger charge is -2.26. The number of hydrogen-bond donors (Lipinski definition) is 1. The minimum atomic E-state index is -0.223. The summed E-state index contributed by atoms with van der Waals surface area (Å²) in [7, 11) is 1.65. The molecular weight excluding hydrogens is 235 g/mol. The van der Waals surface area contributed by atoms with Gasteiger partial charge in [-0.2, -0.15) is 0 Å². The van der Waals surface area contributed by atoms with Gasteiger partial charge in [-0.25, -0.2) is 4.98 Å². The molecule has 0 amide bonds. The van der Waals surface area contributed by atoms with Gasteiger partial charge in [-0.3, -0.25) is 0 Å². The average Bonchev–Trinajstić information content (AvgIpc) is 2.09. The molecular formula is C10H14Cl2N2O. The second-order valence-electron chi connectivity index (χ2n) is 3.93. The monoisotopic (exact) mass is 248 g/mol. The van der Waals surface area contributed by atoms with Gasteiger partial charge >= 0.3 is 0 Å². The van der Waals surface area contributed by atoms with Crippen molar-refractivity contribution in [2.75, 3.05) is 19.0 Å². The van der Waals surface area contributed by atoms with Gasteiger partial charge in [0, 0.05) is 13.3 Å². The SMILES string of the molecule is COCC(C)(C)Nc1ncc(Cl)cc1Cl. The van der Waals surface area contributed by atoms with Crippen LogP contribution in [-0.2, 0) is 4.74 Å². The lowest BCUT2D eigenvalue weighted by atomic mass is 10.1. The standard InChI is InChI=1S/C10H14Cl2N2O/c1-10(2,6-15-3)14-9-8(12)4-7(11)5-13-9/h4-5H,6H2,1-3H3,(H,13,14). The molecule has 1 rings (SSSR count). The average molecular weight is 249 g/mol. The van der Waals surface area contributed by atoms with Crippen LogP contribution in [0.1, 0.15) is 13.8 Å². The molecule has 0 saturated heterocycles. The number of rotatable bonds is 4. The molecule has 0 atom stereocenters. The number of nitrogens with one attached hydrogen (secondary N) is 1. The Bertz CT molecular complexity index is 342. The molecule has 0 aliphatic carbocycles. The molecule has 0 aromatic carbocycles. The van der Waals surface area contributed by atoms with E-state index in [2.05, 4.69) is 10.3 Å². The number of halogens is 2. The van der Waals surface area contributed by atoms with Gasteiger partial charge in [0.2, 0.25) is 0 Å².